The van der Waals surface area contributed by atoms with Crippen molar-refractivity contribution in [2.75, 3.05) is 5.32 Å². The van der Waals surface area contributed by atoms with E-state index < -0.39 is 11.9 Å². The van der Waals surface area contributed by atoms with Crippen molar-refractivity contribution in [2.45, 2.75) is 25.8 Å². The Balaban J connectivity index is 1.90. The smallest absolute Gasteiger partial charge is 0.244 e. The van der Waals surface area contributed by atoms with Crippen LogP contribution in [0.25, 0.3) is 11.1 Å². The van der Waals surface area contributed by atoms with E-state index in [0.717, 1.165) is 0 Å². The number of hydrogen-bond acceptors (Lipinski definition) is 4. The normalized spacial score (nSPS) is 12.5. The fourth-order valence-corrected chi connectivity index (χ4v) is 2.42. The lowest BCUT2D eigenvalue weighted by molar-refractivity contribution is -0.118. The Kier molecular flexibility index (Phi) is 4.20. The predicted octanol–water partition coefficient (Wildman–Crippen LogP) is 3.73. The van der Waals surface area contributed by atoms with Gasteiger partial charge in [-0.1, -0.05) is 26.0 Å². The van der Waals surface area contributed by atoms with Gasteiger partial charge < -0.3 is 15.5 Å². The number of aromatic nitrogens is 1. The van der Waals surface area contributed by atoms with Crippen LogP contribution in [-0.2, 0) is 4.79 Å². The average molecular weight is 327 g/mol. The average Bonchev–Trinajstić information content (AvgIpc) is 2.97. The molecular weight excluding hydrogens is 309 g/mol. The van der Waals surface area contributed by atoms with Gasteiger partial charge in [0.2, 0.25) is 5.91 Å². The number of carbonyl (C=O) groups is 1. The number of benzene rings is 2. The van der Waals surface area contributed by atoms with Gasteiger partial charge in [-0.15, -0.1) is 0 Å². The molecule has 0 spiro atoms. The van der Waals surface area contributed by atoms with Gasteiger partial charge in [0.15, 0.2) is 11.5 Å². The molecular formula is C18H18FN3O2. The minimum atomic E-state index is -0.764. The summed E-state index contributed by atoms with van der Waals surface area (Å²) in [7, 11) is 0. The number of anilines is 1. The number of nitrogens with zero attached hydrogens (tertiary/aromatic N) is 1. The summed E-state index contributed by atoms with van der Waals surface area (Å²) in [5.74, 6) is -0.0737. The van der Waals surface area contributed by atoms with Crippen LogP contribution in [0.4, 0.5) is 10.1 Å². The van der Waals surface area contributed by atoms with E-state index in [1.165, 1.54) is 24.3 Å². The maximum atomic E-state index is 13.1. The molecule has 0 fully saturated rings. The molecule has 6 heteroatoms. The molecule has 3 rings (SSSR count). The van der Waals surface area contributed by atoms with Crippen molar-refractivity contribution in [3.63, 3.8) is 0 Å². The van der Waals surface area contributed by atoms with Crippen molar-refractivity contribution in [3.05, 3.63) is 59.7 Å². The second kappa shape index (κ2) is 6.31. The highest BCUT2D eigenvalue weighted by atomic mass is 19.1. The molecule has 124 valence electrons. The van der Waals surface area contributed by atoms with E-state index in [-0.39, 0.29) is 11.7 Å². The lowest BCUT2D eigenvalue weighted by Gasteiger charge is -2.17. The molecule has 0 aliphatic heterocycles. The van der Waals surface area contributed by atoms with Gasteiger partial charge in [-0.25, -0.2) is 9.37 Å². The Labute approximate surface area is 138 Å². The third-order valence-electron chi connectivity index (χ3n) is 3.70. The summed E-state index contributed by atoms with van der Waals surface area (Å²) in [5, 5.41) is 3.07. The Hall–Kier alpha value is -2.89. The summed E-state index contributed by atoms with van der Waals surface area (Å²) in [4.78, 5) is 16.2. The van der Waals surface area contributed by atoms with Crippen molar-refractivity contribution in [3.8, 4) is 0 Å². The number of nitrogens with two attached hydrogens (primary N) is 1. The standard InChI is InChI=1S/C18H18FN3O2/c1-10(2)18-22-14-9-13(7-8-15(14)24-18)21-16(17(20)23)11-3-5-12(19)6-4-11/h3-10,16,21H,1-2H3,(H2,20,23)/t16-/m1/s1. The van der Waals surface area contributed by atoms with Crippen LogP contribution in [0.3, 0.4) is 0 Å². The first-order valence-corrected chi connectivity index (χ1v) is 7.66. The lowest BCUT2D eigenvalue weighted by atomic mass is 10.1. The van der Waals surface area contributed by atoms with Crippen molar-refractivity contribution < 1.29 is 13.6 Å². The summed E-state index contributed by atoms with van der Waals surface area (Å²) in [6.07, 6.45) is 0. The van der Waals surface area contributed by atoms with Crippen LogP contribution in [0.15, 0.2) is 46.9 Å². The van der Waals surface area contributed by atoms with E-state index >= 15 is 0 Å². The zero-order chi connectivity index (χ0) is 17.3. The molecule has 3 N–H and O–H groups in total. The third-order valence-corrected chi connectivity index (χ3v) is 3.70. The molecule has 24 heavy (non-hydrogen) atoms. The first kappa shape index (κ1) is 16.0. The molecule has 3 aromatic rings. The summed E-state index contributed by atoms with van der Waals surface area (Å²) in [6, 6.07) is 10.3. The highest BCUT2D eigenvalue weighted by Gasteiger charge is 2.18. The molecule has 1 amide bonds. The zero-order valence-corrected chi connectivity index (χ0v) is 13.4. The number of hydrogen-bond donors (Lipinski definition) is 2. The number of primary amides is 1. The highest BCUT2D eigenvalue weighted by Crippen LogP contribution is 2.26. The van der Waals surface area contributed by atoms with Crippen LogP contribution in [0, 0.1) is 5.82 Å². The van der Waals surface area contributed by atoms with Gasteiger partial charge in [0, 0.05) is 11.6 Å². The largest absolute Gasteiger partial charge is 0.440 e. The summed E-state index contributed by atoms with van der Waals surface area (Å²) in [6.45, 7) is 4.00. The number of carbonyl (C=O) groups excluding carboxylic acids is 1. The first-order chi connectivity index (χ1) is 11.4. The van der Waals surface area contributed by atoms with Crippen LogP contribution in [0.2, 0.25) is 0 Å². The van der Waals surface area contributed by atoms with Crippen LogP contribution in [-0.4, -0.2) is 10.9 Å². The second-order valence-electron chi connectivity index (χ2n) is 5.92. The van der Waals surface area contributed by atoms with Crippen LogP contribution >= 0.6 is 0 Å². The predicted molar refractivity (Wildman–Crippen MR) is 90.1 cm³/mol. The molecule has 0 saturated carbocycles. The molecule has 0 bridgehead atoms. The second-order valence-corrected chi connectivity index (χ2v) is 5.92. The van der Waals surface area contributed by atoms with Gasteiger partial charge in [0.1, 0.15) is 17.4 Å². The van der Waals surface area contributed by atoms with Gasteiger partial charge >= 0.3 is 0 Å². The minimum absolute atomic E-state index is 0.186. The molecule has 2 aromatic carbocycles. The molecule has 0 unspecified atom stereocenters. The van der Waals surface area contributed by atoms with Gasteiger partial charge in [-0.2, -0.15) is 0 Å². The van der Waals surface area contributed by atoms with E-state index in [1.54, 1.807) is 18.2 Å². The molecule has 1 aromatic heterocycles. The van der Waals surface area contributed by atoms with Crippen LogP contribution in [0.5, 0.6) is 0 Å². The fraction of sp³-hybridized carbons (Fsp3) is 0.222. The third kappa shape index (κ3) is 3.22. The summed E-state index contributed by atoms with van der Waals surface area (Å²) >= 11 is 0. The Morgan fingerprint density at radius 3 is 2.54 bits per heavy atom. The molecule has 0 radical (unpaired) electrons. The summed E-state index contributed by atoms with van der Waals surface area (Å²) < 4.78 is 18.7. The molecule has 0 aliphatic carbocycles. The first-order valence-electron chi connectivity index (χ1n) is 7.66. The molecule has 1 atom stereocenters. The topological polar surface area (TPSA) is 81.1 Å². The van der Waals surface area contributed by atoms with Crippen molar-refractivity contribution in [2.24, 2.45) is 5.73 Å². The van der Waals surface area contributed by atoms with E-state index in [4.69, 9.17) is 10.2 Å². The van der Waals surface area contributed by atoms with Crippen LogP contribution < -0.4 is 11.1 Å². The van der Waals surface area contributed by atoms with Gasteiger partial charge in [-0.05, 0) is 35.9 Å². The zero-order valence-electron chi connectivity index (χ0n) is 13.4. The molecule has 5 nitrogen and oxygen atoms in total. The highest BCUT2D eigenvalue weighted by molar-refractivity contribution is 5.85. The molecule has 1 heterocycles. The van der Waals surface area contributed by atoms with Gasteiger partial charge in [-0.3, -0.25) is 4.79 Å². The maximum absolute atomic E-state index is 13.1. The van der Waals surface area contributed by atoms with Crippen molar-refractivity contribution in [1.29, 1.82) is 0 Å². The molecule has 0 aliphatic rings. The lowest BCUT2D eigenvalue weighted by Crippen LogP contribution is -2.27. The van der Waals surface area contributed by atoms with Crippen molar-refractivity contribution >= 4 is 22.7 Å². The number of rotatable bonds is 5. The Bertz CT molecular complexity index is 872. The van der Waals surface area contributed by atoms with E-state index in [9.17, 15) is 9.18 Å². The fourth-order valence-electron chi connectivity index (χ4n) is 2.42. The Morgan fingerprint density at radius 1 is 1.21 bits per heavy atom. The van der Waals surface area contributed by atoms with Gasteiger partial charge in [0.25, 0.3) is 0 Å². The minimum Gasteiger partial charge on any atom is -0.440 e. The SMILES string of the molecule is CC(C)c1nc2cc(N[C@@H](C(N)=O)c3ccc(F)cc3)ccc2o1. The number of fused-ring (bicyclic) bond motifs is 1. The van der Waals surface area contributed by atoms with E-state index in [1.807, 2.05) is 13.8 Å². The summed E-state index contributed by atoms with van der Waals surface area (Å²) in [5.41, 5.74) is 8.13. The number of halogens is 1. The van der Waals surface area contributed by atoms with Gasteiger partial charge in [0.05, 0.1) is 0 Å². The van der Waals surface area contributed by atoms with Crippen LogP contribution in [0.1, 0.15) is 37.3 Å². The number of oxazole rings is 1. The van der Waals surface area contributed by atoms with Crippen molar-refractivity contribution in [1.82, 2.24) is 4.98 Å². The van der Waals surface area contributed by atoms with E-state index in [0.29, 0.717) is 28.2 Å². The molecule has 0 saturated heterocycles. The van der Waals surface area contributed by atoms with E-state index in [2.05, 4.69) is 10.3 Å². The monoisotopic (exact) mass is 327 g/mol. The number of amides is 1. The number of nitrogens with one attached hydrogen (secondary N) is 1. The maximum Gasteiger partial charge on any atom is 0.244 e. The Morgan fingerprint density at radius 2 is 1.92 bits per heavy atom. The quantitative estimate of drug-likeness (QED) is 0.748.